The summed E-state index contributed by atoms with van der Waals surface area (Å²) in [6.07, 6.45) is 9.31. The van der Waals surface area contributed by atoms with Crippen molar-refractivity contribution in [3.05, 3.63) is 0 Å². The van der Waals surface area contributed by atoms with Crippen LogP contribution in [0.1, 0.15) is 44.9 Å². The number of methoxy groups -OCH3 is 1. The van der Waals surface area contributed by atoms with Gasteiger partial charge in [0.1, 0.15) is 0 Å². The summed E-state index contributed by atoms with van der Waals surface area (Å²) >= 11 is 6.07. The molecule has 0 radical (unpaired) electrons. The van der Waals surface area contributed by atoms with Crippen molar-refractivity contribution in [3.63, 3.8) is 0 Å². The van der Waals surface area contributed by atoms with E-state index >= 15 is 0 Å². The second-order valence-corrected chi connectivity index (χ2v) is 5.10. The highest BCUT2D eigenvalue weighted by molar-refractivity contribution is 6.20. The minimum Gasteiger partial charge on any atom is -0.383 e. The van der Waals surface area contributed by atoms with Gasteiger partial charge >= 0.3 is 0 Å². The third-order valence-electron chi connectivity index (χ3n) is 3.09. The molecule has 1 unspecified atom stereocenters. The van der Waals surface area contributed by atoms with E-state index in [1.165, 1.54) is 38.5 Å². The van der Waals surface area contributed by atoms with Crippen LogP contribution in [0, 0.1) is 0 Å². The molecule has 90 valence electrons. The molecule has 0 heterocycles. The van der Waals surface area contributed by atoms with Crippen molar-refractivity contribution < 1.29 is 4.74 Å². The number of hydrogen-bond donors (Lipinski definition) is 1. The van der Waals surface area contributed by atoms with E-state index in [1.54, 1.807) is 7.11 Å². The first-order valence-electron chi connectivity index (χ1n) is 6.19. The zero-order chi connectivity index (χ0) is 10.9. The van der Waals surface area contributed by atoms with Gasteiger partial charge in [0.2, 0.25) is 0 Å². The van der Waals surface area contributed by atoms with Crippen molar-refractivity contribution in [2.45, 2.75) is 56.4 Å². The van der Waals surface area contributed by atoms with E-state index in [-0.39, 0.29) is 5.38 Å². The standard InChI is InChI=1S/C12H24ClNO/c1-15-10-11(13)8-9-14-12-6-4-2-3-5-7-12/h11-12,14H,2-10H2,1H3. The number of rotatable bonds is 6. The summed E-state index contributed by atoms with van der Waals surface area (Å²) in [5.41, 5.74) is 0. The zero-order valence-electron chi connectivity index (χ0n) is 9.80. The summed E-state index contributed by atoms with van der Waals surface area (Å²) in [5, 5.41) is 3.77. The first kappa shape index (κ1) is 13.3. The van der Waals surface area contributed by atoms with Crippen LogP contribution in [0.3, 0.4) is 0 Å². The minimum atomic E-state index is 0.160. The maximum Gasteiger partial charge on any atom is 0.0626 e. The van der Waals surface area contributed by atoms with Gasteiger partial charge in [0.25, 0.3) is 0 Å². The normalized spacial score (nSPS) is 21.2. The largest absolute Gasteiger partial charge is 0.383 e. The molecule has 15 heavy (non-hydrogen) atoms. The van der Waals surface area contributed by atoms with Gasteiger partial charge in [-0.05, 0) is 25.8 Å². The van der Waals surface area contributed by atoms with E-state index in [4.69, 9.17) is 16.3 Å². The highest BCUT2D eigenvalue weighted by atomic mass is 35.5. The maximum absolute atomic E-state index is 6.07. The molecular formula is C12H24ClNO. The SMILES string of the molecule is COCC(Cl)CCNC1CCCCCC1. The fourth-order valence-electron chi connectivity index (χ4n) is 2.19. The maximum atomic E-state index is 6.07. The van der Waals surface area contributed by atoms with Gasteiger partial charge in [0.05, 0.1) is 12.0 Å². The van der Waals surface area contributed by atoms with E-state index in [9.17, 15) is 0 Å². The Balaban J connectivity index is 2.02. The summed E-state index contributed by atoms with van der Waals surface area (Å²) in [7, 11) is 1.70. The van der Waals surface area contributed by atoms with Gasteiger partial charge in [-0.1, -0.05) is 25.7 Å². The van der Waals surface area contributed by atoms with E-state index in [2.05, 4.69) is 5.32 Å². The van der Waals surface area contributed by atoms with Crippen LogP contribution in [-0.2, 0) is 4.74 Å². The van der Waals surface area contributed by atoms with E-state index in [0.29, 0.717) is 6.61 Å². The quantitative estimate of drug-likeness (QED) is 0.563. The average molecular weight is 234 g/mol. The third-order valence-corrected chi connectivity index (χ3v) is 3.44. The first-order valence-corrected chi connectivity index (χ1v) is 6.63. The van der Waals surface area contributed by atoms with Crippen LogP contribution in [0.4, 0.5) is 0 Å². The Morgan fingerprint density at radius 1 is 1.27 bits per heavy atom. The zero-order valence-corrected chi connectivity index (χ0v) is 10.6. The lowest BCUT2D eigenvalue weighted by Crippen LogP contribution is -2.31. The molecule has 1 fully saturated rings. The Morgan fingerprint density at radius 3 is 2.53 bits per heavy atom. The molecule has 3 heteroatoms. The molecular weight excluding hydrogens is 210 g/mol. The Morgan fingerprint density at radius 2 is 1.93 bits per heavy atom. The highest BCUT2D eigenvalue weighted by Crippen LogP contribution is 2.17. The predicted octanol–water partition coefficient (Wildman–Crippen LogP) is 2.94. The monoisotopic (exact) mass is 233 g/mol. The number of hydrogen-bond acceptors (Lipinski definition) is 2. The van der Waals surface area contributed by atoms with Crippen molar-refractivity contribution in [1.82, 2.24) is 5.32 Å². The predicted molar refractivity (Wildman–Crippen MR) is 65.6 cm³/mol. The Labute approximate surface area is 98.7 Å². The molecule has 1 saturated carbocycles. The molecule has 0 spiro atoms. The van der Waals surface area contributed by atoms with Crippen LogP contribution >= 0.6 is 11.6 Å². The van der Waals surface area contributed by atoms with Gasteiger partial charge in [0, 0.05) is 13.2 Å². The van der Waals surface area contributed by atoms with Gasteiger partial charge in [-0.25, -0.2) is 0 Å². The molecule has 0 aliphatic heterocycles. The van der Waals surface area contributed by atoms with Crippen molar-refractivity contribution in [2.24, 2.45) is 0 Å². The van der Waals surface area contributed by atoms with Crippen LogP contribution in [0.5, 0.6) is 0 Å². The lowest BCUT2D eigenvalue weighted by atomic mass is 10.1. The van der Waals surface area contributed by atoms with Gasteiger partial charge in [-0.15, -0.1) is 11.6 Å². The summed E-state index contributed by atoms with van der Waals surface area (Å²) in [5.74, 6) is 0. The molecule has 0 bridgehead atoms. The highest BCUT2D eigenvalue weighted by Gasteiger charge is 2.11. The second-order valence-electron chi connectivity index (χ2n) is 4.48. The second kappa shape index (κ2) is 8.37. The fourth-order valence-corrected chi connectivity index (χ4v) is 2.43. The molecule has 2 nitrogen and oxygen atoms in total. The lowest BCUT2D eigenvalue weighted by molar-refractivity contribution is 0.195. The smallest absolute Gasteiger partial charge is 0.0626 e. The van der Waals surface area contributed by atoms with Gasteiger partial charge in [-0.3, -0.25) is 0 Å². The van der Waals surface area contributed by atoms with E-state index in [0.717, 1.165) is 19.0 Å². The third kappa shape index (κ3) is 6.39. The average Bonchev–Trinajstić information content (AvgIpc) is 2.47. The van der Waals surface area contributed by atoms with Crippen molar-refractivity contribution in [1.29, 1.82) is 0 Å². The summed E-state index contributed by atoms with van der Waals surface area (Å²) < 4.78 is 5.01. The van der Waals surface area contributed by atoms with Crippen molar-refractivity contribution in [2.75, 3.05) is 20.3 Å². The molecule has 1 aliphatic rings. The van der Waals surface area contributed by atoms with Crippen LogP contribution in [0.15, 0.2) is 0 Å². The first-order chi connectivity index (χ1) is 7.33. The van der Waals surface area contributed by atoms with E-state index in [1.807, 2.05) is 0 Å². The van der Waals surface area contributed by atoms with Crippen LogP contribution in [-0.4, -0.2) is 31.7 Å². The minimum absolute atomic E-state index is 0.160. The molecule has 1 aliphatic carbocycles. The van der Waals surface area contributed by atoms with E-state index < -0.39 is 0 Å². The van der Waals surface area contributed by atoms with Gasteiger partial charge < -0.3 is 10.1 Å². The van der Waals surface area contributed by atoms with Gasteiger partial charge in [0.15, 0.2) is 0 Å². The summed E-state index contributed by atoms with van der Waals surface area (Å²) in [6.45, 7) is 1.69. The number of nitrogens with one attached hydrogen (secondary N) is 1. The molecule has 0 saturated heterocycles. The molecule has 0 amide bonds. The van der Waals surface area contributed by atoms with Gasteiger partial charge in [-0.2, -0.15) is 0 Å². The molecule has 1 rings (SSSR count). The molecule has 0 aromatic rings. The van der Waals surface area contributed by atoms with Crippen molar-refractivity contribution in [3.8, 4) is 0 Å². The fraction of sp³-hybridized carbons (Fsp3) is 1.00. The molecule has 0 aromatic heterocycles. The molecule has 1 atom stereocenters. The Kier molecular flexibility index (Phi) is 7.41. The van der Waals surface area contributed by atoms with Crippen molar-refractivity contribution >= 4 is 11.6 Å². The lowest BCUT2D eigenvalue weighted by Gasteiger charge is -2.17. The van der Waals surface area contributed by atoms with Crippen LogP contribution < -0.4 is 5.32 Å². The molecule has 0 aromatic carbocycles. The van der Waals surface area contributed by atoms with Crippen LogP contribution in [0.25, 0.3) is 0 Å². The molecule has 1 N–H and O–H groups in total. The number of alkyl halides is 1. The Hall–Kier alpha value is 0.210. The number of ether oxygens (including phenoxy) is 1. The van der Waals surface area contributed by atoms with Crippen LogP contribution in [0.2, 0.25) is 0 Å². The summed E-state index contributed by atoms with van der Waals surface area (Å²) in [6, 6.07) is 0.735. The topological polar surface area (TPSA) is 21.3 Å². The Bertz CT molecular complexity index is 147. The summed E-state index contributed by atoms with van der Waals surface area (Å²) in [4.78, 5) is 0. The number of halogens is 1.